The van der Waals surface area contributed by atoms with Crippen LogP contribution in [-0.4, -0.2) is 29.0 Å². The number of benzene rings is 1. The fourth-order valence-electron chi connectivity index (χ4n) is 1.89. The molecule has 1 aromatic rings. The molecule has 1 aliphatic rings. The molecule has 5 heteroatoms. The number of carbonyl (C=O) groups is 3. The number of imide groups is 1. The van der Waals surface area contributed by atoms with Crippen LogP contribution in [-0.2, 0) is 9.59 Å². The number of likely N-dealkylation sites (tertiary alicyclic amines) is 1. The van der Waals surface area contributed by atoms with Crippen molar-refractivity contribution in [2.45, 2.75) is 13.3 Å². The number of hydrogen-bond donors (Lipinski definition) is 0. The van der Waals surface area contributed by atoms with Gasteiger partial charge in [-0.1, -0.05) is 6.92 Å². The molecule has 1 heterocycles. The highest BCUT2D eigenvalue weighted by Crippen LogP contribution is 2.19. The van der Waals surface area contributed by atoms with Gasteiger partial charge in [0.25, 0.3) is 0 Å². The average molecular weight is 249 g/mol. The summed E-state index contributed by atoms with van der Waals surface area (Å²) >= 11 is 0. The summed E-state index contributed by atoms with van der Waals surface area (Å²) in [5.41, 5.74) is 0.288. The smallest absolute Gasteiger partial charge is 0.232 e. The lowest BCUT2D eigenvalue weighted by Gasteiger charge is -2.13. The third-order valence-electron chi connectivity index (χ3n) is 2.94. The molecule has 1 aromatic carbocycles. The molecule has 1 aliphatic heterocycles. The van der Waals surface area contributed by atoms with E-state index in [-0.39, 0.29) is 42.0 Å². The molecule has 0 bridgehead atoms. The monoisotopic (exact) mass is 249 g/mol. The lowest BCUT2D eigenvalue weighted by atomic mass is 10.1. The van der Waals surface area contributed by atoms with E-state index < -0.39 is 5.82 Å². The molecule has 0 aromatic heterocycles. The van der Waals surface area contributed by atoms with Gasteiger partial charge >= 0.3 is 0 Å². The quantitative estimate of drug-likeness (QED) is 0.601. The Labute approximate surface area is 103 Å². The minimum absolute atomic E-state index is 0.148. The highest BCUT2D eigenvalue weighted by molar-refractivity contribution is 6.08. The maximum Gasteiger partial charge on any atom is 0.232 e. The number of amides is 2. The Balaban J connectivity index is 2.10. The number of nitrogens with zero attached hydrogens (tertiary/aromatic N) is 1. The summed E-state index contributed by atoms with van der Waals surface area (Å²) < 4.78 is 12.7. The Morgan fingerprint density at radius 2 is 1.94 bits per heavy atom. The Morgan fingerprint density at radius 1 is 1.33 bits per heavy atom. The van der Waals surface area contributed by atoms with Gasteiger partial charge in [0.05, 0.1) is 6.54 Å². The second kappa shape index (κ2) is 4.68. The Hall–Kier alpha value is -2.04. The Morgan fingerprint density at radius 3 is 2.44 bits per heavy atom. The largest absolute Gasteiger partial charge is 0.292 e. The van der Waals surface area contributed by atoms with Crippen molar-refractivity contribution in [3.8, 4) is 0 Å². The number of hydrogen-bond acceptors (Lipinski definition) is 3. The number of carbonyl (C=O) groups excluding carboxylic acids is 3. The Bertz CT molecular complexity index is 509. The second-order valence-electron chi connectivity index (χ2n) is 4.35. The van der Waals surface area contributed by atoms with Gasteiger partial charge in [-0.3, -0.25) is 19.3 Å². The van der Waals surface area contributed by atoms with E-state index in [1.54, 1.807) is 6.92 Å². The van der Waals surface area contributed by atoms with Gasteiger partial charge in [0.1, 0.15) is 5.82 Å². The summed E-state index contributed by atoms with van der Waals surface area (Å²) in [6, 6.07) is 5.02. The summed E-state index contributed by atoms with van der Waals surface area (Å²) in [6.07, 6.45) is 0.148. The number of rotatable bonds is 3. The van der Waals surface area contributed by atoms with Crippen molar-refractivity contribution in [1.82, 2.24) is 4.90 Å². The fourth-order valence-corrected chi connectivity index (χ4v) is 1.89. The molecule has 1 fully saturated rings. The standard InChI is InChI=1S/C13H12FNO3/c1-8-6-12(17)15(13(8)18)7-11(16)9-2-4-10(14)5-3-9/h2-5,8H,6-7H2,1H3. The van der Waals surface area contributed by atoms with E-state index in [1.807, 2.05) is 0 Å². The lowest BCUT2D eigenvalue weighted by molar-refractivity contribution is -0.138. The summed E-state index contributed by atoms with van der Waals surface area (Å²) in [7, 11) is 0. The van der Waals surface area contributed by atoms with Crippen molar-refractivity contribution in [2.75, 3.05) is 6.54 Å². The van der Waals surface area contributed by atoms with Gasteiger partial charge in [-0.15, -0.1) is 0 Å². The van der Waals surface area contributed by atoms with E-state index >= 15 is 0 Å². The highest BCUT2D eigenvalue weighted by Gasteiger charge is 2.36. The first-order chi connectivity index (χ1) is 8.49. The minimum atomic E-state index is -0.437. The van der Waals surface area contributed by atoms with Crippen LogP contribution in [0.2, 0.25) is 0 Å². The topological polar surface area (TPSA) is 54.5 Å². The first-order valence-corrected chi connectivity index (χ1v) is 5.62. The van der Waals surface area contributed by atoms with Crippen LogP contribution in [0.4, 0.5) is 4.39 Å². The average Bonchev–Trinajstić information content (AvgIpc) is 2.57. The predicted molar refractivity (Wildman–Crippen MR) is 61.2 cm³/mol. The molecule has 1 atom stereocenters. The van der Waals surface area contributed by atoms with Gasteiger partial charge in [0.15, 0.2) is 5.78 Å². The third-order valence-corrected chi connectivity index (χ3v) is 2.94. The molecule has 0 spiro atoms. The van der Waals surface area contributed by atoms with Crippen LogP contribution >= 0.6 is 0 Å². The van der Waals surface area contributed by atoms with Gasteiger partial charge in [-0.2, -0.15) is 0 Å². The SMILES string of the molecule is CC1CC(=O)N(CC(=O)c2ccc(F)cc2)C1=O. The van der Waals surface area contributed by atoms with Crippen LogP contribution in [0.25, 0.3) is 0 Å². The molecule has 94 valence electrons. The summed E-state index contributed by atoms with van der Waals surface area (Å²) in [5, 5.41) is 0. The zero-order chi connectivity index (χ0) is 13.3. The van der Waals surface area contributed by atoms with Crippen LogP contribution < -0.4 is 0 Å². The molecule has 0 aliphatic carbocycles. The fraction of sp³-hybridized carbons (Fsp3) is 0.308. The molecule has 1 unspecified atom stereocenters. The summed E-state index contributed by atoms with van der Waals surface area (Å²) in [4.78, 5) is 35.9. The number of halogens is 1. The van der Waals surface area contributed by atoms with Crippen molar-refractivity contribution >= 4 is 17.6 Å². The first kappa shape index (κ1) is 12.4. The lowest BCUT2D eigenvalue weighted by Crippen LogP contribution is -2.35. The van der Waals surface area contributed by atoms with E-state index in [9.17, 15) is 18.8 Å². The molecule has 0 radical (unpaired) electrons. The van der Waals surface area contributed by atoms with Crippen molar-refractivity contribution in [2.24, 2.45) is 5.92 Å². The number of Topliss-reactive ketones (excluding diaryl/α,β-unsaturated/α-hetero) is 1. The number of ketones is 1. The van der Waals surface area contributed by atoms with Gasteiger partial charge < -0.3 is 0 Å². The normalized spacial score (nSPS) is 19.4. The van der Waals surface area contributed by atoms with E-state index in [0.717, 1.165) is 4.90 Å². The van der Waals surface area contributed by atoms with E-state index in [2.05, 4.69) is 0 Å². The van der Waals surface area contributed by atoms with Crippen molar-refractivity contribution in [3.05, 3.63) is 35.6 Å². The minimum Gasteiger partial charge on any atom is -0.292 e. The first-order valence-electron chi connectivity index (χ1n) is 5.62. The van der Waals surface area contributed by atoms with Gasteiger partial charge in [0, 0.05) is 17.9 Å². The van der Waals surface area contributed by atoms with Gasteiger partial charge in [-0.25, -0.2) is 4.39 Å². The van der Waals surface area contributed by atoms with Crippen LogP contribution in [0.1, 0.15) is 23.7 Å². The molecule has 2 amide bonds. The van der Waals surface area contributed by atoms with Crippen molar-refractivity contribution < 1.29 is 18.8 Å². The van der Waals surface area contributed by atoms with E-state index in [0.29, 0.717) is 0 Å². The zero-order valence-corrected chi connectivity index (χ0v) is 9.85. The molecule has 0 saturated carbocycles. The van der Waals surface area contributed by atoms with Crippen LogP contribution in [0.15, 0.2) is 24.3 Å². The molecule has 18 heavy (non-hydrogen) atoms. The summed E-state index contributed by atoms with van der Waals surface area (Å²) in [5.74, 6) is -1.82. The van der Waals surface area contributed by atoms with Crippen LogP contribution in [0, 0.1) is 11.7 Å². The molecule has 2 rings (SSSR count). The van der Waals surface area contributed by atoms with E-state index in [4.69, 9.17) is 0 Å². The molecule has 4 nitrogen and oxygen atoms in total. The van der Waals surface area contributed by atoms with E-state index in [1.165, 1.54) is 24.3 Å². The van der Waals surface area contributed by atoms with Crippen molar-refractivity contribution in [3.63, 3.8) is 0 Å². The highest BCUT2D eigenvalue weighted by atomic mass is 19.1. The molecule has 1 saturated heterocycles. The predicted octanol–water partition coefficient (Wildman–Crippen LogP) is 1.40. The molecule has 0 N–H and O–H groups in total. The van der Waals surface area contributed by atoms with Crippen LogP contribution in [0.5, 0.6) is 0 Å². The molecular weight excluding hydrogens is 237 g/mol. The van der Waals surface area contributed by atoms with Gasteiger partial charge in [-0.05, 0) is 24.3 Å². The maximum atomic E-state index is 12.7. The van der Waals surface area contributed by atoms with Gasteiger partial charge in [0.2, 0.25) is 11.8 Å². The summed E-state index contributed by atoms with van der Waals surface area (Å²) in [6.45, 7) is 1.39. The zero-order valence-electron chi connectivity index (χ0n) is 9.85. The maximum absolute atomic E-state index is 12.7. The third kappa shape index (κ3) is 2.30. The molecular formula is C13H12FNO3. The second-order valence-corrected chi connectivity index (χ2v) is 4.35. The van der Waals surface area contributed by atoms with Crippen LogP contribution in [0.3, 0.4) is 0 Å². The Kier molecular flexibility index (Phi) is 3.23. The van der Waals surface area contributed by atoms with Crippen molar-refractivity contribution in [1.29, 1.82) is 0 Å².